The summed E-state index contributed by atoms with van der Waals surface area (Å²) < 4.78 is 0. The standard InChI is InChI=1S/C20H28N4OS.HI/c1-4-21-19(25)17-9-6-8-16(14-17)15-23-20(22-5-2)24(3)12-11-18-10-7-13-26-18;/h6-10,13-14H,4-5,11-12,15H2,1-3H3,(H,21,25)(H,22,23);1H. The third-order valence-corrected chi connectivity index (χ3v) is 4.84. The zero-order valence-electron chi connectivity index (χ0n) is 16.2. The molecule has 2 N–H and O–H groups in total. The predicted octanol–water partition coefficient (Wildman–Crippen LogP) is 3.76. The molecule has 1 heterocycles. The lowest BCUT2D eigenvalue weighted by atomic mass is 10.1. The second-order valence-corrected chi connectivity index (χ2v) is 7.01. The van der Waals surface area contributed by atoms with Gasteiger partial charge in [-0.1, -0.05) is 18.2 Å². The molecule has 1 aromatic carbocycles. The van der Waals surface area contributed by atoms with Crippen molar-refractivity contribution < 1.29 is 4.79 Å². The SMILES string of the molecule is CCNC(=O)c1cccc(CN=C(NCC)N(C)CCc2cccs2)c1.I. The molecule has 27 heavy (non-hydrogen) atoms. The van der Waals surface area contributed by atoms with Gasteiger partial charge < -0.3 is 15.5 Å². The Labute approximate surface area is 183 Å². The predicted molar refractivity (Wildman–Crippen MR) is 125 cm³/mol. The molecule has 2 aromatic rings. The quantitative estimate of drug-likeness (QED) is 0.330. The minimum atomic E-state index is -0.0432. The fourth-order valence-electron chi connectivity index (χ4n) is 2.55. The summed E-state index contributed by atoms with van der Waals surface area (Å²) in [5.74, 6) is 0.839. The fraction of sp³-hybridized carbons (Fsp3) is 0.400. The summed E-state index contributed by atoms with van der Waals surface area (Å²) in [7, 11) is 2.06. The number of carbonyl (C=O) groups excluding carboxylic acids is 1. The number of hydrogen-bond donors (Lipinski definition) is 2. The Morgan fingerprint density at radius 1 is 1.15 bits per heavy atom. The van der Waals surface area contributed by atoms with Crippen molar-refractivity contribution in [1.29, 1.82) is 0 Å². The van der Waals surface area contributed by atoms with E-state index in [1.54, 1.807) is 11.3 Å². The van der Waals surface area contributed by atoms with Crippen LogP contribution >= 0.6 is 35.3 Å². The Kier molecular flexibility index (Phi) is 11.0. The number of likely N-dealkylation sites (N-methyl/N-ethyl adjacent to an activating group) is 1. The van der Waals surface area contributed by atoms with Crippen LogP contribution in [0, 0.1) is 0 Å². The maximum absolute atomic E-state index is 12.0. The third kappa shape index (κ3) is 7.88. The van der Waals surface area contributed by atoms with Crippen LogP contribution in [0.5, 0.6) is 0 Å². The van der Waals surface area contributed by atoms with E-state index in [1.165, 1.54) is 4.88 Å². The summed E-state index contributed by atoms with van der Waals surface area (Å²) in [6.45, 7) is 6.88. The number of guanidine groups is 1. The number of aliphatic imine (C=N–C) groups is 1. The van der Waals surface area contributed by atoms with E-state index >= 15 is 0 Å². The van der Waals surface area contributed by atoms with E-state index in [2.05, 4.69) is 47.0 Å². The second-order valence-electron chi connectivity index (χ2n) is 5.98. The van der Waals surface area contributed by atoms with Gasteiger partial charge in [0.1, 0.15) is 0 Å². The number of nitrogens with one attached hydrogen (secondary N) is 2. The summed E-state index contributed by atoms with van der Waals surface area (Å²) in [5.41, 5.74) is 1.70. The van der Waals surface area contributed by atoms with Crippen LogP contribution in [0.2, 0.25) is 0 Å². The number of nitrogens with zero attached hydrogens (tertiary/aromatic N) is 2. The summed E-state index contributed by atoms with van der Waals surface area (Å²) in [6, 6.07) is 11.9. The maximum Gasteiger partial charge on any atom is 0.251 e. The minimum absolute atomic E-state index is 0. The maximum atomic E-state index is 12.0. The van der Waals surface area contributed by atoms with Crippen LogP contribution in [-0.4, -0.2) is 43.4 Å². The van der Waals surface area contributed by atoms with Gasteiger partial charge in [0.15, 0.2) is 5.96 Å². The molecule has 0 aliphatic carbocycles. The molecular formula is C20H29IN4OS. The van der Waals surface area contributed by atoms with E-state index in [0.29, 0.717) is 18.7 Å². The first-order chi connectivity index (χ1) is 12.6. The monoisotopic (exact) mass is 500 g/mol. The molecule has 0 aliphatic rings. The average molecular weight is 500 g/mol. The van der Waals surface area contributed by atoms with Crippen molar-refractivity contribution in [1.82, 2.24) is 15.5 Å². The molecule has 0 radical (unpaired) electrons. The van der Waals surface area contributed by atoms with Gasteiger partial charge in [-0.15, -0.1) is 35.3 Å². The van der Waals surface area contributed by atoms with Crippen LogP contribution in [0.4, 0.5) is 0 Å². The van der Waals surface area contributed by atoms with Crippen LogP contribution in [0.3, 0.4) is 0 Å². The molecule has 1 aromatic heterocycles. The zero-order chi connectivity index (χ0) is 18.8. The van der Waals surface area contributed by atoms with Crippen molar-refractivity contribution in [2.24, 2.45) is 4.99 Å². The van der Waals surface area contributed by atoms with Crippen LogP contribution < -0.4 is 10.6 Å². The molecule has 0 unspecified atom stereocenters. The first-order valence-electron chi connectivity index (χ1n) is 9.03. The van der Waals surface area contributed by atoms with Gasteiger partial charge in [-0.05, 0) is 49.4 Å². The molecule has 0 spiro atoms. The van der Waals surface area contributed by atoms with Gasteiger partial charge in [-0.25, -0.2) is 4.99 Å². The lowest BCUT2D eigenvalue weighted by molar-refractivity contribution is 0.0955. The third-order valence-electron chi connectivity index (χ3n) is 3.91. The van der Waals surface area contributed by atoms with E-state index in [9.17, 15) is 4.79 Å². The largest absolute Gasteiger partial charge is 0.357 e. The highest BCUT2D eigenvalue weighted by Gasteiger charge is 2.08. The molecule has 1 amide bonds. The van der Waals surface area contributed by atoms with Crippen LogP contribution in [-0.2, 0) is 13.0 Å². The molecule has 0 bridgehead atoms. The average Bonchev–Trinajstić information content (AvgIpc) is 3.17. The van der Waals surface area contributed by atoms with Gasteiger partial charge in [0, 0.05) is 37.1 Å². The molecule has 0 saturated heterocycles. The smallest absolute Gasteiger partial charge is 0.251 e. The number of thiophene rings is 1. The van der Waals surface area contributed by atoms with Gasteiger partial charge in [0.05, 0.1) is 6.54 Å². The van der Waals surface area contributed by atoms with Crippen molar-refractivity contribution in [2.75, 3.05) is 26.7 Å². The zero-order valence-corrected chi connectivity index (χ0v) is 19.3. The molecule has 0 atom stereocenters. The van der Waals surface area contributed by atoms with Gasteiger partial charge in [0.2, 0.25) is 0 Å². The molecule has 0 fully saturated rings. The van der Waals surface area contributed by atoms with Gasteiger partial charge in [-0.3, -0.25) is 4.79 Å². The van der Waals surface area contributed by atoms with Crippen molar-refractivity contribution >= 4 is 47.2 Å². The van der Waals surface area contributed by atoms with Crippen molar-refractivity contribution in [3.8, 4) is 0 Å². The van der Waals surface area contributed by atoms with Gasteiger partial charge >= 0.3 is 0 Å². The number of hydrogen-bond acceptors (Lipinski definition) is 3. The minimum Gasteiger partial charge on any atom is -0.357 e. The normalized spacial score (nSPS) is 10.9. The molecule has 0 aliphatic heterocycles. The van der Waals surface area contributed by atoms with Gasteiger partial charge in [0.25, 0.3) is 5.91 Å². The van der Waals surface area contributed by atoms with Crippen LogP contribution in [0.1, 0.15) is 34.6 Å². The summed E-state index contributed by atoms with van der Waals surface area (Å²) in [5, 5.41) is 8.28. The molecule has 0 saturated carbocycles. The van der Waals surface area contributed by atoms with Crippen molar-refractivity contribution in [3.63, 3.8) is 0 Å². The highest BCUT2D eigenvalue weighted by molar-refractivity contribution is 14.0. The van der Waals surface area contributed by atoms with Gasteiger partial charge in [-0.2, -0.15) is 0 Å². The second kappa shape index (κ2) is 12.7. The lowest BCUT2D eigenvalue weighted by Crippen LogP contribution is -2.39. The Bertz CT molecular complexity index is 719. The van der Waals surface area contributed by atoms with E-state index < -0.39 is 0 Å². The van der Waals surface area contributed by atoms with E-state index in [0.717, 1.165) is 31.0 Å². The number of rotatable bonds is 8. The number of carbonyl (C=O) groups is 1. The van der Waals surface area contributed by atoms with E-state index in [4.69, 9.17) is 4.99 Å². The highest BCUT2D eigenvalue weighted by atomic mass is 127. The van der Waals surface area contributed by atoms with Crippen LogP contribution in [0.25, 0.3) is 0 Å². The highest BCUT2D eigenvalue weighted by Crippen LogP contribution is 2.10. The Morgan fingerprint density at radius 2 is 1.93 bits per heavy atom. The molecule has 7 heteroatoms. The molecular weight excluding hydrogens is 471 g/mol. The Morgan fingerprint density at radius 3 is 2.59 bits per heavy atom. The number of amides is 1. The molecule has 5 nitrogen and oxygen atoms in total. The van der Waals surface area contributed by atoms with Crippen molar-refractivity contribution in [2.45, 2.75) is 26.8 Å². The molecule has 148 valence electrons. The lowest BCUT2D eigenvalue weighted by Gasteiger charge is -2.21. The van der Waals surface area contributed by atoms with E-state index in [1.807, 2.05) is 31.2 Å². The van der Waals surface area contributed by atoms with Crippen LogP contribution in [0.15, 0.2) is 46.8 Å². The van der Waals surface area contributed by atoms with Crippen molar-refractivity contribution in [3.05, 3.63) is 57.8 Å². The summed E-state index contributed by atoms with van der Waals surface area (Å²) in [6.07, 6.45) is 1.01. The fourth-order valence-corrected chi connectivity index (χ4v) is 3.25. The summed E-state index contributed by atoms with van der Waals surface area (Å²) in [4.78, 5) is 20.2. The molecule has 2 rings (SSSR count). The van der Waals surface area contributed by atoms with E-state index in [-0.39, 0.29) is 29.9 Å². The number of halogens is 1. The number of benzene rings is 1. The Balaban J connectivity index is 0.00000364. The first-order valence-corrected chi connectivity index (χ1v) is 9.91. The topological polar surface area (TPSA) is 56.7 Å². The Hall–Kier alpha value is -1.61. The first kappa shape index (κ1) is 23.4. The summed E-state index contributed by atoms with van der Waals surface area (Å²) >= 11 is 1.78.